The molecule has 1 nitrogen and oxygen atoms in total. The average Bonchev–Trinajstić information content (AvgIpc) is 1.88. The van der Waals surface area contributed by atoms with E-state index in [1.807, 2.05) is 26.8 Å². The first-order valence-electron chi connectivity index (χ1n) is 3.48. The zero-order chi connectivity index (χ0) is 7.98. The van der Waals surface area contributed by atoms with E-state index in [9.17, 15) is 4.79 Å². The Labute approximate surface area is 62.4 Å². The highest BCUT2D eigenvalue weighted by Gasteiger charge is 1.94. The van der Waals surface area contributed by atoms with Gasteiger partial charge in [0.25, 0.3) is 0 Å². The van der Waals surface area contributed by atoms with Crippen molar-refractivity contribution in [3.8, 4) is 0 Å². The van der Waals surface area contributed by atoms with E-state index in [1.165, 1.54) is 0 Å². The molecule has 0 spiro atoms. The fourth-order valence-corrected chi connectivity index (χ4v) is 0.622. The summed E-state index contributed by atoms with van der Waals surface area (Å²) in [5.41, 5.74) is 1.13. The lowest BCUT2D eigenvalue weighted by molar-refractivity contribution is -0.114. The second kappa shape index (κ2) is 4.98. The molecule has 0 aliphatic carbocycles. The Hall–Kier alpha value is -0.850. The molecule has 0 aromatic carbocycles. The van der Waals surface area contributed by atoms with Gasteiger partial charge in [-0.1, -0.05) is 17.7 Å². The molecule has 10 heavy (non-hydrogen) atoms. The van der Waals surface area contributed by atoms with Crippen LogP contribution in [0.5, 0.6) is 0 Å². The highest BCUT2D eigenvalue weighted by Crippen LogP contribution is 1.99. The van der Waals surface area contributed by atoms with Crippen LogP contribution in [0.25, 0.3) is 0 Å². The van der Waals surface area contributed by atoms with Gasteiger partial charge in [-0.2, -0.15) is 0 Å². The van der Waals surface area contributed by atoms with E-state index in [1.54, 1.807) is 12.2 Å². The van der Waals surface area contributed by atoms with Gasteiger partial charge in [0.05, 0.1) is 0 Å². The van der Waals surface area contributed by atoms with Crippen molar-refractivity contribution in [2.45, 2.75) is 27.2 Å². The molecule has 0 atom stereocenters. The molecule has 0 N–H and O–H groups in total. The lowest BCUT2D eigenvalue weighted by Gasteiger charge is -1.92. The molecule has 0 amide bonds. The third kappa shape index (κ3) is 4.07. The van der Waals surface area contributed by atoms with Gasteiger partial charge in [0.2, 0.25) is 0 Å². The maximum atomic E-state index is 10.9. The van der Waals surface area contributed by atoms with Gasteiger partial charge in [0.1, 0.15) is 0 Å². The van der Waals surface area contributed by atoms with Crippen molar-refractivity contribution in [3.63, 3.8) is 0 Å². The molecule has 56 valence electrons. The van der Waals surface area contributed by atoms with E-state index in [2.05, 4.69) is 0 Å². The van der Waals surface area contributed by atoms with Crippen LogP contribution in [0, 0.1) is 0 Å². The quantitative estimate of drug-likeness (QED) is 0.432. The molecule has 0 aromatic heterocycles. The fraction of sp³-hybridized carbons (Fsp3) is 0.444. The van der Waals surface area contributed by atoms with Gasteiger partial charge in [0, 0.05) is 6.42 Å². The summed E-state index contributed by atoms with van der Waals surface area (Å²) in [6, 6.07) is 0. The van der Waals surface area contributed by atoms with Gasteiger partial charge in [-0.25, -0.2) is 0 Å². The van der Waals surface area contributed by atoms with E-state index in [-0.39, 0.29) is 5.78 Å². The Morgan fingerprint density at radius 3 is 2.40 bits per heavy atom. The van der Waals surface area contributed by atoms with Crippen molar-refractivity contribution in [2.75, 3.05) is 0 Å². The summed E-state index contributed by atoms with van der Waals surface area (Å²) < 4.78 is 0. The van der Waals surface area contributed by atoms with E-state index in [0.29, 0.717) is 6.42 Å². The Bertz CT molecular complexity index is 164. The molecule has 0 aliphatic rings. The van der Waals surface area contributed by atoms with Crippen LogP contribution in [0.4, 0.5) is 0 Å². The van der Waals surface area contributed by atoms with Crippen molar-refractivity contribution in [2.24, 2.45) is 0 Å². The van der Waals surface area contributed by atoms with Gasteiger partial charge in [-0.3, -0.25) is 4.79 Å². The summed E-state index contributed by atoms with van der Waals surface area (Å²) in [5, 5.41) is 0. The predicted molar refractivity (Wildman–Crippen MR) is 43.9 cm³/mol. The smallest absolute Gasteiger partial charge is 0.159 e. The Balaban J connectivity index is 3.80. The molecule has 0 fully saturated rings. The van der Waals surface area contributed by atoms with Crippen LogP contribution in [-0.2, 0) is 4.79 Å². The van der Waals surface area contributed by atoms with Crippen LogP contribution in [0.3, 0.4) is 0 Å². The summed E-state index contributed by atoms with van der Waals surface area (Å²) in [7, 11) is 0. The lowest BCUT2D eigenvalue weighted by atomic mass is 10.1. The van der Waals surface area contributed by atoms with E-state index >= 15 is 0 Å². The number of carbonyl (C=O) groups is 1. The molecule has 0 radical (unpaired) electrons. The third-order valence-corrected chi connectivity index (χ3v) is 1.30. The number of allylic oxidation sites excluding steroid dienone is 4. The summed E-state index contributed by atoms with van der Waals surface area (Å²) in [5.74, 6) is 0.179. The fourth-order valence-electron chi connectivity index (χ4n) is 0.622. The summed E-state index contributed by atoms with van der Waals surface area (Å²) in [4.78, 5) is 10.9. The molecule has 0 heterocycles. The third-order valence-electron chi connectivity index (χ3n) is 1.30. The molecule has 1 heteroatoms. The average molecular weight is 138 g/mol. The largest absolute Gasteiger partial charge is 0.295 e. The minimum Gasteiger partial charge on any atom is -0.295 e. The number of hydrogen-bond donors (Lipinski definition) is 0. The Kier molecular flexibility index (Phi) is 4.55. The summed E-state index contributed by atoms with van der Waals surface area (Å²) >= 11 is 0. The van der Waals surface area contributed by atoms with Crippen molar-refractivity contribution in [3.05, 3.63) is 23.8 Å². The Morgan fingerprint density at radius 2 is 2.00 bits per heavy atom. The highest BCUT2D eigenvalue weighted by atomic mass is 16.1. The van der Waals surface area contributed by atoms with Crippen molar-refractivity contribution in [1.29, 1.82) is 0 Å². The van der Waals surface area contributed by atoms with E-state index in [4.69, 9.17) is 0 Å². The minimum absolute atomic E-state index is 0.179. The molecule has 0 aliphatic heterocycles. The maximum Gasteiger partial charge on any atom is 0.159 e. The van der Waals surface area contributed by atoms with E-state index < -0.39 is 0 Å². The monoisotopic (exact) mass is 138 g/mol. The first-order valence-corrected chi connectivity index (χ1v) is 3.48. The van der Waals surface area contributed by atoms with Crippen LogP contribution in [-0.4, -0.2) is 5.78 Å². The van der Waals surface area contributed by atoms with Crippen LogP contribution >= 0.6 is 0 Å². The zero-order valence-corrected chi connectivity index (χ0v) is 6.85. The van der Waals surface area contributed by atoms with Gasteiger partial charge in [-0.05, 0) is 26.8 Å². The molecular formula is C9H14O. The van der Waals surface area contributed by atoms with Gasteiger partial charge in [-0.15, -0.1) is 0 Å². The summed E-state index contributed by atoms with van der Waals surface area (Å²) in [6.45, 7) is 5.75. The normalized spacial score (nSPS) is 12.5. The van der Waals surface area contributed by atoms with Crippen molar-refractivity contribution < 1.29 is 4.79 Å². The minimum atomic E-state index is 0.179. The van der Waals surface area contributed by atoms with E-state index in [0.717, 1.165) is 5.57 Å². The first kappa shape index (κ1) is 9.15. The Morgan fingerprint density at radius 1 is 1.40 bits per heavy atom. The van der Waals surface area contributed by atoms with Crippen molar-refractivity contribution in [1.82, 2.24) is 0 Å². The predicted octanol–water partition coefficient (Wildman–Crippen LogP) is 2.49. The molecule has 0 saturated heterocycles. The molecule has 0 rings (SSSR count). The molecular weight excluding hydrogens is 124 g/mol. The van der Waals surface area contributed by atoms with Gasteiger partial charge >= 0.3 is 0 Å². The maximum absolute atomic E-state index is 10.9. The molecule has 0 bridgehead atoms. The molecule has 0 saturated carbocycles. The van der Waals surface area contributed by atoms with Crippen LogP contribution in [0.15, 0.2) is 23.8 Å². The molecule has 0 unspecified atom stereocenters. The summed E-state index contributed by atoms with van der Waals surface area (Å²) in [6.07, 6.45) is 5.89. The first-order chi connectivity index (χ1) is 4.70. The van der Waals surface area contributed by atoms with Gasteiger partial charge in [0.15, 0.2) is 5.78 Å². The van der Waals surface area contributed by atoms with Crippen molar-refractivity contribution >= 4 is 5.78 Å². The second-order valence-electron chi connectivity index (χ2n) is 2.28. The SMILES string of the molecule is C/C=C(/C)CC(=O)/C=C/C. The number of ketones is 1. The molecule has 0 aromatic rings. The zero-order valence-electron chi connectivity index (χ0n) is 6.85. The van der Waals surface area contributed by atoms with Crippen LogP contribution in [0.2, 0.25) is 0 Å². The highest BCUT2D eigenvalue weighted by molar-refractivity contribution is 5.91. The lowest BCUT2D eigenvalue weighted by Crippen LogP contribution is -1.92. The topological polar surface area (TPSA) is 17.1 Å². The number of hydrogen-bond acceptors (Lipinski definition) is 1. The second-order valence-corrected chi connectivity index (χ2v) is 2.28. The standard InChI is InChI=1S/C9H14O/c1-4-6-9(10)7-8(3)5-2/h4-6H,7H2,1-3H3/b6-4+,8-5-. The van der Waals surface area contributed by atoms with Crippen LogP contribution < -0.4 is 0 Å². The number of rotatable bonds is 3. The van der Waals surface area contributed by atoms with Gasteiger partial charge < -0.3 is 0 Å². The number of carbonyl (C=O) groups excluding carboxylic acids is 1. The van der Waals surface area contributed by atoms with Crippen LogP contribution in [0.1, 0.15) is 27.2 Å².